The van der Waals surface area contributed by atoms with E-state index in [1.807, 2.05) is 130 Å². The highest BCUT2D eigenvalue weighted by Gasteiger charge is 2.42. The fourth-order valence-corrected chi connectivity index (χ4v) is 7.94. The van der Waals surface area contributed by atoms with Gasteiger partial charge in [0.15, 0.2) is 22.9 Å². The maximum Gasteiger partial charge on any atom is 0.276 e. The zero-order valence-electron chi connectivity index (χ0n) is 38.9. The number of aromatic hydroxyl groups is 2. The van der Waals surface area contributed by atoms with E-state index >= 15 is 0 Å². The number of amides is 2. The third-order valence-electron chi connectivity index (χ3n) is 10.9. The SMILES string of the molecule is C=C.CC(C)=O.CC(C)N1CC(C(c2ccccc2)c2ccccn2)n2ncc(=O)c(O)c2C1=O.CCC#Cc1ccn(C(c2ccccc2)C2CN(C(C)C)C(=O)c3c(O)c(=O)cnn32)n1. The lowest BCUT2D eigenvalue weighted by Crippen LogP contribution is -2.50. The molecular formula is C51H57N9O7. The van der Waals surface area contributed by atoms with Crippen LogP contribution < -0.4 is 10.9 Å². The molecule has 4 aromatic heterocycles. The van der Waals surface area contributed by atoms with Crippen molar-refractivity contribution in [2.45, 2.75) is 91.0 Å². The van der Waals surface area contributed by atoms with Crippen molar-refractivity contribution in [2.24, 2.45) is 0 Å². The minimum Gasteiger partial charge on any atom is -0.502 e. The van der Waals surface area contributed by atoms with Gasteiger partial charge in [-0.15, -0.1) is 13.2 Å². The first-order valence-electron chi connectivity index (χ1n) is 21.9. The van der Waals surface area contributed by atoms with Crippen LogP contribution in [0.3, 0.4) is 0 Å². The molecule has 0 bridgehead atoms. The minimum absolute atomic E-state index is 0.0701. The minimum atomic E-state index is -0.679. The molecule has 2 aliphatic heterocycles. The number of hydrogen-bond donors (Lipinski definition) is 2. The molecule has 2 aromatic carbocycles. The summed E-state index contributed by atoms with van der Waals surface area (Å²) in [5.74, 6) is 4.06. The molecule has 6 heterocycles. The van der Waals surface area contributed by atoms with Crippen LogP contribution in [-0.2, 0) is 4.79 Å². The topological polar surface area (TPSA) is 199 Å². The second-order valence-corrected chi connectivity index (χ2v) is 16.3. The fraction of sp³-hybridized carbons (Fsp3) is 0.314. The van der Waals surface area contributed by atoms with Gasteiger partial charge in [-0.3, -0.25) is 33.5 Å². The Hall–Kier alpha value is -7.93. The molecule has 0 radical (unpaired) electrons. The first kappa shape index (κ1) is 50.1. The Morgan fingerprint density at radius 1 is 0.716 bits per heavy atom. The zero-order chi connectivity index (χ0) is 48.9. The number of pyridine rings is 1. The number of hydrogen-bond acceptors (Lipinski definition) is 11. The highest BCUT2D eigenvalue weighted by molar-refractivity contribution is 5.96. The second kappa shape index (κ2) is 22.8. The molecule has 0 spiro atoms. The highest BCUT2D eigenvalue weighted by Crippen LogP contribution is 2.39. The maximum absolute atomic E-state index is 13.1. The normalized spacial score (nSPS) is 15.8. The Labute approximate surface area is 389 Å². The molecule has 348 valence electrons. The molecule has 2 aliphatic rings. The number of carbonyl (C=O) groups is 3. The first-order valence-corrected chi connectivity index (χ1v) is 21.9. The summed E-state index contributed by atoms with van der Waals surface area (Å²) in [7, 11) is 0. The molecule has 0 saturated heterocycles. The van der Waals surface area contributed by atoms with E-state index in [0.717, 1.165) is 35.6 Å². The molecule has 16 nitrogen and oxygen atoms in total. The largest absolute Gasteiger partial charge is 0.502 e. The van der Waals surface area contributed by atoms with Crippen molar-refractivity contribution in [3.8, 4) is 23.3 Å². The molecule has 2 N–H and O–H groups in total. The van der Waals surface area contributed by atoms with Gasteiger partial charge in [0.2, 0.25) is 10.9 Å². The van der Waals surface area contributed by atoms with Gasteiger partial charge < -0.3 is 24.8 Å². The maximum atomic E-state index is 13.1. The predicted molar refractivity (Wildman–Crippen MR) is 255 cm³/mol. The van der Waals surface area contributed by atoms with E-state index in [1.54, 1.807) is 16.0 Å². The standard InChI is InChI=1S/C24H25N5O3.C22H22N4O3.C3H6O.C2H4/c1-4-5-11-18-12-13-28(26-18)21(17-9-7-6-8-10-17)19-15-27(16(2)3)24(32)22-23(31)20(30)14-25-29(19)22;1-14(2)25-13-17(26-20(22(25)29)21(28)18(27)12-24-26)19(15-8-4-3-5-9-15)16-10-6-7-11-23-16;1-3(2)4;1-2/h6-10,12-14,16,19,21,31H,4,15H2,1-3H3;3-12,14,17,19,28H,13H2,1-2H3;1-2H3;1-2H2. The number of fused-ring (bicyclic) bond motifs is 2. The van der Waals surface area contributed by atoms with Crippen LogP contribution in [0.1, 0.15) is 122 Å². The monoisotopic (exact) mass is 907 g/mol. The highest BCUT2D eigenvalue weighted by atomic mass is 16.3. The van der Waals surface area contributed by atoms with E-state index in [2.05, 4.69) is 45.3 Å². The van der Waals surface area contributed by atoms with Gasteiger partial charge in [0.25, 0.3) is 11.8 Å². The lowest BCUT2D eigenvalue weighted by molar-refractivity contribution is -0.115. The van der Waals surface area contributed by atoms with E-state index in [1.165, 1.54) is 23.2 Å². The predicted octanol–water partition coefficient (Wildman–Crippen LogP) is 6.58. The summed E-state index contributed by atoms with van der Waals surface area (Å²) in [4.78, 5) is 67.6. The van der Waals surface area contributed by atoms with Gasteiger partial charge in [-0.05, 0) is 76.8 Å². The fourth-order valence-electron chi connectivity index (χ4n) is 7.94. The number of aromatic nitrogens is 7. The van der Waals surface area contributed by atoms with Gasteiger partial charge in [0.05, 0.1) is 36.1 Å². The van der Waals surface area contributed by atoms with Crippen molar-refractivity contribution in [1.82, 2.24) is 44.1 Å². The van der Waals surface area contributed by atoms with Gasteiger partial charge in [0, 0.05) is 44.0 Å². The number of ketones is 1. The van der Waals surface area contributed by atoms with Crippen molar-refractivity contribution in [3.05, 3.63) is 177 Å². The molecule has 2 amide bonds. The van der Waals surface area contributed by atoms with E-state index in [-0.39, 0.29) is 47.3 Å². The summed E-state index contributed by atoms with van der Waals surface area (Å²) in [5.41, 5.74) is 1.94. The van der Waals surface area contributed by atoms with Gasteiger partial charge in [-0.1, -0.05) is 79.6 Å². The number of benzene rings is 2. The molecule has 6 aromatic rings. The average Bonchev–Trinajstić information content (AvgIpc) is 3.79. The van der Waals surface area contributed by atoms with Crippen LogP contribution in [0, 0.1) is 11.8 Å². The molecule has 67 heavy (non-hydrogen) atoms. The van der Waals surface area contributed by atoms with Crippen molar-refractivity contribution in [2.75, 3.05) is 13.1 Å². The molecular weight excluding hydrogens is 851 g/mol. The molecule has 0 aliphatic carbocycles. The van der Waals surface area contributed by atoms with Gasteiger partial charge in [-0.2, -0.15) is 15.3 Å². The summed E-state index contributed by atoms with van der Waals surface area (Å²) < 4.78 is 4.77. The van der Waals surface area contributed by atoms with E-state index in [0.29, 0.717) is 18.8 Å². The van der Waals surface area contributed by atoms with E-state index in [9.17, 15) is 34.2 Å². The average molecular weight is 908 g/mol. The Morgan fingerprint density at radius 2 is 1.19 bits per heavy atom. The Kier molecular flexibility index (Phi) is 17.0. The summed E-state index contributed by atoms with van der Waals surface area (Å²) in [6, 6.07) is 25.9. The van der Waals surface area contributed by atoms with Crippen LogP contribution in [0.2, 0.25) is 0 Å². The van der Waals surface area contributed by atoms with Crippen LogP contribution in [-0.4, -0.2) is 97.1 Å². The summed E-state index contributed by atoms with van der Waals surface area (Å²) in [6.45, 7) is 19.4. The number of carbonyl (C=O) groups excluding carboxylic acids is 3. The number of nitrogens with zero attached hydrogens (tertiary/aromatic N) is 9. The van der Waals surface area contributed by atoms with Crippen molar-refractivity contribution < 1.29 is 24.6 Å². The van der Waals surface area contributed by atoms with Crippen molar-refractivity contribution in [1.29, 1.82) is 0 Å². The molecule has 8 rings (SSSR count). The zero-order valence-corrected chi connectivity index (χ0v) is 38.9. The first-order chi connectivity index (χ1) is 32.1. The molecule has 4 unspecified atom stereocenters. The van der Waals surface area contributed by atoms with Crippen LogP contribution in [0.15, 0.2) is 132 Å². The summed E-state index contributed by atoms with van der Waals surface area (Å²) >= 11 is 0. The third kappa shape index (κ3) is 11.3. The van der Waals surface area contributed by atoms with Gasteiger partial charge >= 0.3 is 0 Å². The van der Waals surface area contributed by atoms with Crippen molar-refractivity contribution in [3.63, 3.8) is 0 Å². The second-order valence-electron chi connectivity index (χ2n) is 16.3. The molecule has 0 saturated carbocycles. The van der Waals surface area contributed by atoms with Gasteiger partial charge in [-0.25, -0.2) is 4.68 Å². The number of Topliss-reactive ketones (excluding diaryl/α,β-unsaturated/α-hetero) is 1. The van der Waals surface area contributed by atoms with Gasteiger partial charge in [0.1, 0.15) is 17.5 Å². The quantitative estimate of drug-likeness (QED) is 0.124. The number of rotatable bonds is 8. The van der Waals surface area contributed by atoms with Crippen LogP contribution in [0.5, 0.6) is 11.5 Å². The van der Waals surface area contributed by atoms with Crippen LogP contribution >= 0.6 is 0 Å². The van der Waals surface area contributed by atoms with E-state index < -0.39 is 40.2 Å². The summed E-state index contributed by atoms with van der Waals surface area (Å²) in [5, 5.41) is 34.1. The molecule has 16 heteroatoms. The Bertz CT molecular complexity index is 2790. The van der Waals surface area contributed by atoms with Crippen molar-refractivity contribution >= 4 is 17.6 Å². The lowest BCUT2D eigenvalue weighted by atomic mass is 9.86. The Morgan fingerprint density at radius 3 is 1.67 bits per heavy atom. The third-order valence-corrected chi connectivity index (χ3v) is 10.9. The van der Waals surface area contributed by atoms with Crippen LogP contribution in [0.4, 0.5) is 0 Å². The smallest absolute Gasteiger partial charge is 0.276 e. The summed E-state index contributed by atoms with van der Waals surface area (Å²) in [6.07, 6.45) is 6.43. The molecule has 4 atom stereocenters. The molecule has 0 fully saturated rings. The lowest BCUT2D eigenvalue weighted by Gasteiger charge is -2.40. The van der Waals surface area contributed by atoms with Crippen LogP contribution in [0.25, 0.3) is 0 Å². The van der Waals surface area contributed by atoms with E-state index in [4.69, 9.17) is 0 Å². The Balaban J connectivity index is 0.000000225.